The Balaban J connectivity index is 0.000000223. The molecule has 2 unspecified atom stereocenters. The molecule has 0 radical (unpaired) electrons. The maximum atomic E-state index is 5.96. The summed E-state index contributed by atoms with van der Waals surface area (Å²) >= 11 is 22.0. The first kappa shape index (κ1) is 56.8. The van der Waals surface area contributed by atoms with E-state index in [4.69, 9.17) is 66.6 Å². The Morgan fingerprint density at radius 2 is 0.708 bits per heavy atom. The molecule has 6 aromatic rings. The van der Waals surface area contributed by atoms with Crippen molar-refractivity contribution >= 4 is 107 Å². The molecule has 0 aliphatic heterocycles. The largest absolute Gasteiger partial charge is 1.00 e. The zero-order valence-corrected chi connectivity index (χ0v) is 48.2. The molecule has 2 aliphatic rings. The molecule has 0 heterocycles. The summed E-state index contributed by atoms with van der Waals surface area (Å²) < 4.78 is 22.2. The van der Waals surface area contributed by atoms with Gasteiger partial charge in [-0.15, -0.1) is 0 Å². The first-order valence-corrected chi connectivity index (χ1v) is 32.7. The minimum atomic E-state index is -2.26. The predicted octanol–water partition coefficient (Wildman–Crippen LogP) is 11.4. The van der Waals surface area contributed by atoms with Gasteiger partial charge in [0.2, 0.25) is 0 Å². The predicted molar refractivity (Wildman–Crippen MR) is 291 cm³/mol. The summed E-state index contributed by atoms with van der Waals surface area (Å²) in [5.41, 5.74) is -4.53. The monoisotopic (exact) mass is 1380 g/mol. The topological polar surface area (TPSA) is 36.9 Å². The van der Waals surface area contributed by atoms with E-state index in [1.54, 1.807) is 14.2 Å². The van der Waals surface area contributed by atoms with Crippen molar-refractivity contribution in [3.63, 3.8) is 0 Å². The minimum absolute atomic E-state index is 0. The van der Waals surface area contributed by atoms with E-state index in [1.807, 2.05) is 48.5 Å². The molecule has 352 valence electrons. The quantitative estimate of drug-likeness (QED) is 0.0539. The zero-order chi connectivity index (χ0) is 44.3. The minimum Gasteiger partial charge on any atom is -0.715 e. The molecule has 65 heavy (non-hydrogen) atoms. The first-order chi connectivity index (χ1) is 30.6. The molecule has 2 saturated carbocycles. The van der Waals surface area contributed by atoms with Crippen LogP contribution in [-0.2, 0) is 102 Å². The summed E-state index contributed by atoms with van der Waals surface area (Å²) in [6, 6.07) is 59.8. The van der Waals surface area contributed by atoms with Crippen LogP contribution in [0.1, 0.15) is 57.8 Å². The number of benzene rings is 6. The van der Waals surface area contributed by atoms with E-state index in [-0.39, 0.29) is 57.0 Å². The summed E-state index contributed by atoms with van der Waals surface area (Å²) in [5, 5.41) is 8.01. The summed E-state index contributed by atoms with van der Waals surface area (Å²) in [6.45, 7) is 0. The smallest absolute Gasteiger partial charge is 0.715 e. The Bertz CT molecular complexity index is 2070. The van der Waals surface area contributed by atoms with E-state index in [9.17, 15) is 0 Å². The van der Waals surface area contributed by atoms with Gasteiger partial charge in [0.25, 0.3) is 0 Å². The van der Waals surface area contributed by atoms with E-state index in [0.717, 1.165) is 47.8 Å². The van der Waals surface area contributed by atoms with E-state index in [2.05, 4.69) is 121 Å². The fourth-order valence-corrected chi connectivity index (χ4v) is 19.0. The normalized spacial score (nSPS) is 15.5. The second-order valence-electron chi connectivity index (χ2n) is 15.7. The summed E-state index contributed by atoms with van der Waals surface area (Å²) in [7, 11) is 1.81. The summed E-state index contributed by atoms with van der Waals surface area (Å²) in [5.74, 6) is 1.64. The molecule has 0 saturated heterocycles. The van der Waals surface area contributed by atoms with Gasteiger partial charge in [-0.05, 0) is 144 Å². The van der Waals surface area contributed by atoms with Crippen LogP contribution in [0.5, 0.6) is 11.5 Å². The van der Waals surface area contributed by atoms with Crippen molar-refractivity contribution in [2.24, 2.45) is 0 Å². The number of hydrogen-bond acceptors (Lipinski definition) is 8. The van der Waals surface area contributed by atoms with Crippen LogP contribution in [0.15, 0.2) is 170 Å². The third-order valence-corrected chi connectivity index (χ3v) is 23.7. The molecular formula is C51H60Au2O4P4S4+2. The summed E-state index contributed by atoms with van der Waals surface area (Å²) in [4.78, 5) is 0. The molecule has 2 fully saturated rings. The summed E-state index contributed by atoms with van der Waals surface area (Å²) in [6.07, 6.45) is 13.7. The number of hydrogen-bond donors (Lipinski definition) is 0. The molecule has 8 rings (SSSR count). The van der Waals surface area contributed by atoms with E-state index in [1.165, 1.54) is 65.6 Å². The molecule has 0 bridgehead atoms. The SMILES string of the molecule is COc1ccc(P(=S)([S-])OC2CCCC2)cc1.COc1ccc(P(=S)([S-])OC2CCCC2)cc1.[Au+].[Au+].c1ccc([PH+](CCC[PH+](c2ccccc2)c2ccccc2)c2ccccc2)cc1. The molecule has 0 aromatic heterocycles. The molecule has 4 nitrogen and oxygen atoms in total. The average molecular weight is 1380 g/mol. The van der Waals surface area contributed by atoms with Crippen molar-refractivity contribution in [2.45, 2.75) is 70.0 Å². The van der Waals surface area contributed by atoms with Gasteiger partial charge in [-0.2, -0.15) is 0 Å². The van der Waals surface area contributed by atoms with Crippen LogP contribution in [0.2, 0.25) is 0 Å². The second kappa shape index (κ2) is 30.0. The van der Waals surface area contributed by atoms with Gasteiger partial charge in [0.15, 0.2) is 0 Å². The van der Waals surface area contributed by atoms with Gasteiger partial charge in [-0.25, -0.2) is 0 Å². The van der Waals surface area contributed by atoms with Crippen LogP contribution in [0.3, 0.4) is 0 Å². The van der Waals surface area contributed by atoms with Crippen LogP contribution in [0, 0.1) is 0 Å². The number of rotatable bonds is 16. The molecule has 6 aromatic carbocycles. The van der Waals surface area contributed by atoms with Gasteiger partial charge < -0.3 is 43.0 Å². The maximum absolute atomic E-state index is 5.96. The van der Waals surface area contributed by atoms with Gasteiger partial charge in [-0.3, -0.25) is 0 Å². The van der Waals surface area contributed by atoms with Crippen molar-refractivity contribution in [2.75, 3.05) is 26.5 Å². The van der Waals surface area contributed by atoms with Gasteiger partial charge >= 0.3 is 44.8 Å². The standard InChI is InChI=1S/C27H26P2.2C12H17O2PS2.2Au/c1-5-14-24(15-6-1)28(25-16-7-2-8-17-25)22-13-23-29(26-18-9-3-10-19-26)27-20-11-4-12-21-27;2*1-13-10-6-8-12(9-7-10)15(16,17)14-11-4-2-3-5-11;;/h1-12,14-21H,13,22-23H2;2*6-9,11H,2-5H2,1H3,(H,16,17);;/q;;;2*+1. The molecular weight excluding hydrogens is 1320 g/mol. The molecule has 0 N–H and O–H groups in total. The van der Waals surface area contributed by atoms with E-state index in [0.29, 0.717) is 0 Å². The van der Waals surface area contributed by atoms with Crippen molar-refractivity contribution in [1.82, 2.24) is 0 Å². The van der Waals surface area contributed by atoms with E-state index >= 15 is 0 Å². The zero-order valence-electron chi connectivity index (χ0n) is 36.9. The molecule has 0 amide bonds. The Morgan fingerprint density at radius 3 is 0.954 bits per heavy atom. The molecule has 2 aliphatic carbocycles. The number of methoxy groups -OCH3 is 2. The Morgan fingerprint density at radius 1 is 0.446 bits per heavy atom. The third-order valence-electron chi connectivity index (χ3n) is 11.3. The van der Waals surface area contributed by atoms with Crippen LogP contribution >= 0.6 is 26.8 Å². The second-order valence-corrected chi connectivity index (χ2v) is 31.9. The fourth-order valence-electron chi connectivity index (χ4n) is 7.94. The van der Waals surface area contributed by atoms with Crippen molar-refractivity contribution in [3.05, 3.63) is 170 Å². The third kappa shape index (κ3) is 18.5. The van der Waals surface area contributed by atoms with Crippen molar-refractivity contribution in [1.29, 1.82) is 0 Å². The van der Waals surface area contributed by atoms with Crippen LogP contribution in [-0.4, -0.2) is 38.8 Å². The molecule has 2 atom stereocenters. The van der Waals surface area contributed by atoms with Gasteiger partial charge in [0.05, 0.1) is 75.8 Å². The van der Waals surface area contributed by atoms with Crippen molar-refractivity contribution < 1.29 is 63.3 Å². The number of ether oxygens (including phenoxy) is 2. The Hall–Kier alpha value is -0.819. The van der Waals surface area contributed by atoms with Gasteiger partial charge in [-0.1, -0.05) is 122 Å². The van der Waals surface area contributed by atoms with E-state index < -0.39 is 26.8 Å². The first-order valence-electron chi connectivity index (χ1n) is 21.9. The van der Waals surface area contributed by atoms with Gasteiger partial charge in [0, 0.05) is 6.42 Å². The average Bonchev–Trinajstić information content (AvgIpc) is 4.05. The molecule has 0 spiro atoms. The Labute approximate surface area is 443 Å². The van der Waals surface area contributed by atoms with Crippen molar-refractivity contribution in [3.8, 4) is 11.5 Å². The maximum Gasteiger partial charge on any atom is 1.00 e. The van der Waals surface area contributed by atoms with Gasteiger partial charge in [0.1, 0.15) is 11.5 Å². The van der Waals surface area contributed by atoms with Crippen LogP contribution in [0.4, 0.5) is 0 Å². The Kier molecular flexibility index (Phi) is 26.2. The van der Waals surface area contributed by atoms with Crippen LogP contribution in [0.25, 0.3) is 0 Å². The molecule has 14 heteroatoms. The van der Waals surface area contributed by atoms with Crippen LogP contribution < -0.4 is 41.3 Å². The fraction of sp³-hybridized carbons (Fsp3) is 0.294.